The van der Waals surface area contributed by atoms with Crippen molar-refractivity contribution in [3.63, 3.8) is 0 Å². The first-order chi connectivity index (χ1) is 14.5. The number of benzene rings is 4. The Bertz CT molecular complexity index is 1170. The van der Waals surface area contributed by atoms with Crippen molar-refractivity contribution in [2.24, 2.45) is 0 Å². The molecule has 148 valence electrons. The van der Waals surface area contributed by atoms with Gasteiger partial charge in [0.2, 0.25) is 0 Å². The molecule has 0 radical (unpaired) electrons. The maximum absolute atomic E-state index is 2.41. The Balaban J connectivity index is 1.83. The molecule has 4 aromatic rings. The smallest absolute Gasteiger partial charge is 0.00133 e. The van der Waals surface area contributed by atoms with E-state index in [1.807, 2.05) is 0 Å². The molecule has 1 aliphatic carbocycles. The predicted molar refractivity (Wildman–Crippen MR) is 128 cm³/mol. The molecule has 0 spiro atoms. The van der Waals surface area contributed by atoms with Crippen molar-refractivity contribution in [1.29, 1.82) is 0 Å². The average molecular weight is 389 g/mol. The minimum absolute atomic E-state index is 0.945. The summed E-state index contributed by atoms with van der Waals surface area (Å²) in [5.74, 6) is 0. The largest absolute Gasteiger partial charge is 0.0587 e. The third-order valence-electron chi connectivity index (χ3n) is 6.60. The maximum atomic E-state index is 2.41. The monoisotopic (exact) mass is 388 g/mol. The number of aryl methyl sites for hydroxylation is 4. The van der Waals surface area contributed by atoms with Gasteiger partial charge in [-0.1, -0.05) is 83.9 Å². The molecule has 0 saturated heterocycles. The van der Waals surface area contributed by atoms with E-state index in [0.717, 1.165) is 12.8 Å². The lowest BCUT2D eigenvalue weighted by atomic mass is 9.85. The summed E-state index contributed by atoms with van der Waals surface area (Å²) >= 11 is 0. The topological polar surface area (TPSA) is 0 Å². The van der Waals surface area contributed by atoms with E-state index < -0.39 is 0 Å². The van der Waals surface area contributed by atoms with Gasteiger partial charge in [0, 0.05) is 0 Å². The second kappa shape index (κ2) is 7.29. The maximum Gasteiger partial charge on any atom is -0.00133 e. The zero-order chi connectivity index (χ0) is 20.8. The molecule has 1 aliphatic rings. The molecule has 0 heteroatoms. The van der Waals surface area contributed by atoms with E-state index in [4.69, 9.17) is 0 Å². The van der Waals surface area contributed by atoms with Crippen molar-refractivity contribution in [1.82, 2.24) is 0 Å². The minimum atomic E-state index is 0.945. The summed E-state index contributed by atoms with van der Waals surface area (Å²) in [5.41, 5.74) is 16.4. The van der Waals surface area contributed by atoms with Crippen LogP contribution in [0.4, 0.5) is 0 Å². The number of hydrogen-bond acceptors (Lipinski definition) is 0. The van der Waals surface area contributed by atoms with Crippen molar-refractivity contribution < 1.29 is 0 Å². The molecule has 0 heterocycles. The van der Waals surface area contributed by atoms with Gasteiger partial charge >= 0.3 is 0 Å². The summed E-state index contributed by atoms with van der Waals surface area (Å²) in [5, 5.41) is 0. The molecule has 0 N–H and O–H groups in total. The van der Waals surface area contributed by atoms with Crippen LogP contribution in [0, 0.1) is 27.7 Å². The van der Waals surface area contributed by atoms with Gasteiger partial charge in [0.15, 0.2) is 0 Å². The van der Waals surface area contributed by atoms with Crippen LogP contribution in [0.5, 0.6) is 0 Å². The first-order valence-electron chi connectivity index (χ1n) is 10.9. The fraction of sp³-hybridized carbons (Fsp3) is 0.200. The van der Waals surface area contributed by atoms with Gasteiger partial charge in [0.1, 0.15) is 0 Å². The first-order valence-corrected chi connectivity index (χ1v) is 10.9. The highest BCUT2D eigenvalue weighted by Crippen LogP contribution is 2.35. The van der Waals surface area contributed by atoms with Gasteiger partial charge in [0.25, 0.3) is 0 Å². The quantitative estimate of drug-likeness (QED) is 0.254. The summed E-state index contributed by atoms with van der Waals surface area (Å²) < 4.78 is 0. The molecule has 0 nitrogen and oxygen atoms in total. The number of fused-ring (bicyclic) bond motifs is 8. The van der Waals surface area contributed by atoms with Gasteiger partial charge in [-0.25, -0.2) is 0 Å². The Kier molecular flexibility index (Phi) is 4.59. The summed E-state index contributed by atoms with van der Waals surface area (Å²) in [6.45, 7) is 8.86. The lowest BCUT2D eigenvalue weighted by Crippen LogP contribution is -2.01. The van der Waals surface area contributed by atoms with Gasteiger partial charge in [-0.15, -0.1) is 0 Å². The molecule has 30 heavy (non-hydrogen) atoms. The van der Waals surface area contributed by atoms with Crippen LogP contribution in [-0.4, -0.2) is 0 Å². The lowest BCUT2D eigenvalue weighted by molar-refractivity contribution is 1.12. The van der Waals surface area contributed by atoms with Crippen LogP contribution in [0.2, 0.25) is 0 Å². The Morgan fingerprint density at radius 3 is 1.33 bits per heavy atom. The van der Waals surface area contributed by atoms with Gasteiger partial charge in [-0.2, -0.15) is 0 Å². The van der Waals surface area contributed by atoms with Crippen molar-refractivity contribution in [3.05, 3.63) is 117 Å². The Morgan fingerprint density at radius 2 is 0.867 bits per heavy atom. The molecule has 5 rings (SSSR count). The van der Waals surface area contributed by atoms with Crippen molar-refractivity contribution >= 4 is 0 Å². The second-order valence-corrected chi connectivity index (χ2v) is 8.96. The van der Waals surface area contributed by atoms with Crippen LogP contribution < -0.4 is 0 Å². The fourth-order valence-corrected chi connectivity index (χ4v) is 4.77. The van der Waals surface area contributed by atoms with Crippen molar-refractivity contribution in [3.8, 4) is 22.3 Å². The first kappa shape index (κ1) is 18.9. The molecule has 4 aromatic carbocycles. The second-order valence-electron chi connectivity index (χ2n) is 8.96. The third kappa shape index (κ3) is 3.37. The molecule has 0 fully saturated rings. The van der Waals surface area contributed by atoms with Crippen LogP contribution >= 0.6 is 0 Å². The average Bonchev–Trinajstić information content (AvgIpc) is 2.71. The van der Waals surface area contributed by atoms with Crippen LogP contribution in [-0.2, 0) is 12.8 Å². The van der Waals surface area contributed by atoms with Gasteiger partial charge in [-0.3, -0.25) is 0 Å². The molecule has 0 aromatic heterocycles. The van der Waals surface area contributed by atoms with Crippen LogP contribution in [0.3, 0.4) is 0 Å². The molecule has 0 saturated carbocycles. The van der Waals surface area contributed by atoms with Gasteiger partial charge in [0.05, 0.1) is 0 Å². The zero-order valence-corrected chi connectivity index (χ0v) is 18.3. The Labute approximate surface area is 180 Å². The summed E-state index contributed by atoms with van der Waals surface area (Å²) in [6.07, 6.45) is 1.92. The highest BCUT2D eigenvalue weighted by atomic mass is 14.2. The number of hydrogen-bond donors (Lipinski definition) is 0. The predicted octanol–water partition coefficient (Wildman–Crippen LogP) is 7.75. The Hall–Kier alpha value is -3.12. The van der Waals surface area contributed by atoms with E-state index in [1.54, 1.807) is 0 Å². The molecule has 4 bridgehead atoms. The van der Waals surface area contributed by atoms with E-state index in [9.17, 15) is 0 Å². The van der Waals surface area contributed by atoms with E-state index in [-0.39, 0.29) is 0 Å². The minimum Gasteiger partial charge on any atom is -0.0587 e. The van der Waals surface area contributed by atoms with Crippen LogP contribution in [0.1, 0.15) is 44.5 Å². The highest BCUT2D eigenvalue weighted by Gasteiger charge is 2.15. The summed E-state index contributed by atoms with van der Waals surface area (Å²) in [7, 11) is 0. The molecule has 0 unspecified atom stereocenters. The SMILES string of the molecule is Cc1ccc2c(c1)Cc1cc(C)ccc1-c1ccc(C)c(c1)Cc1cc-2ccc1C. The van der Waals surface area contributed by atoms with E-state index in [1.165, 1.54) is 66.8 Å². The van der Waals surface area contributed by atoms with Crippen LogP contribution in [0.25, 0.3) is 22.3 Å². The zero-order valence-electron chi connectivity index (χ0n) is 18.3. The lowest BCUT2D eigenvalue weighted by Gasteiger charge is -2.19. The molecule has 0 aliphatic heterocycles. The molecular weight excluding hydrogens is 360 g/mol. The van der Waals surface area contributed by atoms with Crippen LogP contribution in [0.15, 0.2) is 72.8 Å². The molecule has 0 amide bonds. The Morgan fingerprint density at radius 1 is 0.433 bits per heavy atom. The summed E-state index contributed by atoms with van der Waals surface area (Å²) in [6, 6.07) is 27.8. The van der Waals surface area contributed by atoms with Crippen molar-refractivity contribution in [2.45, 2.75) is 40.5 Å². The third-order valence-corrected chi connectivity index (χ3v) is 6.60. The normalized spacial score (nSPS) is 12.4. The van der Waals surface area contributed by atoms with E-state index in [2.05, 4.69) is 100 Å². The fourth-order valence-electron chi connectivity index (χ4n) is 4.77. The standard InChI is InChI=1S/C30H28/c1-19-5-11-29-23-9-7-21(3)25(15-23)17-26-16-24(10-8-22(26)4)30-12-6-20(2)14-28(30)18-27(29)13-19/h5-16H,17-18H2,1-4H3. The molecule has 0 atom stereocenters. The molecular formula is C30H28. The number of rotatable bonds is 0. The van der Waals surface area contributed by atoms with Crippen molar-refractivity contribution in [2.75, 3.05) is 0 Å². The summed E-state index contributed by atoms with van der Waals surface area (Å²) in [4.78, 5) is 0. The van der Waals surface area contributed by atoms with E-state index in [0.29, 0.717) is 0 Å². The highest BCUT2D eigenvalue weighted by molar-refractivity contribution is 5.74. The van der Waals surface area contributed by atoms with Gasteiger partial charge < -0.3 is 0 Å². The van der Waals surface area contributed by atoms with E-state index >= 15 is 0 Å². The van der Waals surface area contributed by atoms with Gasteiger partial charge in [-0.05, 0) is 96.2 Å².